The van der Waals surface area contributed by atoms with Crippen LogP contribution in [0.25, 0.3) is 0 Å². The van der Waals surface area contributed by atoms with Crippen molar-refractivity contribution in [3.63, 3.8) is 0 Å². The Labute approximate surface area is 93.9 Å². The average Bonchev–Trinajstić information content (AvgIpc) is 2.76. The second-order valence-corrected chi connectivity index (χ2v) is 4.16. The third-order valence-electron chi connectivity index (χ3n) is 2.04. The summed E-state index contributed by atoms with van der Waals surface area (Å²) in [6.45, 7) is 1.98. The summed E-state index contributed by atoms with van der Waals surface area (Å²) in [6.07, 6.45) is 1.22. The van der Waals surface area contributed by atoms with E-state index in [4.69, 9.17) is 5.73 Å². The number of hydrogen-bond acceptors (Lipinski definition) is 7. The fourth-order valence-corrected chi connectivity index (χ4v) is 1.83. The van der Waals surface area contributed by atoms with Gasteiger partial charge in [-0.05, 0) is 6.92 Å². The summed E-state index contributed by atoms with van der Waals surface area (Å²) in [5, 5.41) is 23.0. The molecule has 0 radical (unpaired) electrons. The Morgan fingerprint density at radius 2 is 2.38 bits per heavy atom. The Hall–Kier alpha value is -2.03. The summed E-state index contributed by atoms with van der Waals surface area (Å²) in [5.74, 6) is 0. The molecule has 2 rings (SSSR count). The van der Waals surface area contributed by atoms with Crippen molar-refractivity contribution in [1.82, 2.24) is 20.0 Å². The topological polar surface area (TPSA) is 113 Å². The van der Waals surface area contributed by atoms with Crippen molar-refractivity contribution in [2.45, 2.75) is 13.5 Å². The largest absolute Gasteiger partial charge is 0.374 e. The third-order valence-corrected chi connectivity index (χ3v) is 2.78. The van der Waals surface area contributed by atoms with Gasteiger partial charge in [-0.25, -0.2) is 0 Å². The summed E-state index contributed by atoms with van der Waals surface area (Å²) in [7, 11) is 0. The van der Waals surface area contributed by atoms with Gasteiger partial charge in [0.25, 0.3) is 0 Å². The first-order valence-electron chi connectivity index (χ1n) is 4.32. The average molecular weight is 240 g/mol. The molecule has 2 heterocycles. The highest BCUT2D eigenvalue weighted by Crippen LogP contribution is 2.18. The predicted molar refractivity (Wildman–Crippen MR) is 57.0 cm³/mol. The molecule has 0 aliphatic carbocycles. The van der Waals surface area contributed by atoms with Crippen LogP contribution in [0.2, 0.25) is 0 Å². The van der Waals surface area contributed by atoms with Gasteiger partial charge >= 0.3 is 5.69 Å². The number of aromatic nitrogens is 4. The molecular weight excluding hydrogens is 232 g/mol. The Morgan fingerprint density at radius 3 is 2.88 bits per heavy atom. The van der Waals surface area contributed by atoms with Crippen LogP contribution in [0.5, 0.6) is 0 Å². The fourth-order valence-electron chi connectivity index (χ4n) is 1.23. The highest BCUT2D eigenvalue weighted by molar-refractivity contribution is 7.15. The molecule has 0 amide bonds. The van der Waals surface area contributed by atoms with E-state index in [1.54, 1.807) is 6.92 Å². The number of nitrogens with two attached hydrogens (primary N) is 1. The lowest BCUT2D eigenvalue weighted by Gasteiger charge is -1.98. The minimum absolute atomic E-state index is 0.00233. The van der Waals surface area contributed by atoms with Gasteiger partial charge in [-0.3, -0.25) is 14.8 Å². The lowest BCUT2D eigenvalue weighted by atomic mass is 10.4. The van der Waals surface area contributed by atoms with E-state index in [0.29, 0.717) is 22.4 Å². The Morgan fingerprint density at radius 1 is 1.62 bits per heavy atom. The van der Waals surface area contributed by atoms with E-state index in [2.05, 4.69) is 15.3 Å². The van der Waals surface area contributed by atoms with Gasteiger partial charge in [-0.1, -0.05) is 11.3 Å². The maximum Gasteiger partial charge on any atom is 0.309 e. The van der Waals surface area contributed by atoms with E-state index in [0.717, 1.165) is 0 Å². The van der Waals surface area contributed by atoms with Crippen LogP contribution in [0.4, 0.5) is 10.8 Å². The predicted octanol–water partition coefficient (Wildman–Crippen LogP) is 0.582. The monoisotopic (exact) mass is 240 g/mol. The van der Waals surface area contributed by atoms with Gasteiger partial charge in [0, 0.05) is 0 Å². The van der Waals surface area contributed by atoms with Crippen LogP contribution in [0.3, 0.4) is 0 Å². The lowest BCUT2D eigenvalue weighted by Crippen LogP contribution is -2.04. The SMILES string of the molecule is Cc1c([N+](=O)[O-])cnn1Cc1nnc(N)s1. The van der Waals surface area contributed by atoms with E-state index in [1.807, 2.05) is 0 Å². The van der Waals surface area contributed by atoms with Gasteiger partial charge in [-0.2, -0.15) is 5.10 Å². The molecule has 8 nitrogen and oxygen atoms in total. The normalized spacial score (nSPS) is 10.6. The number of rotatable bonds is 3. The van der Waals surface area contributed by atoms with Crippen molar-refractivity contribution in [3.8, 4) is 0 Å². The first kappa shape index (κ1) is 10.5. The van der Waals surface area contributed by atoms with Crippen molar-refractivity contribution in [1.29, 1.82) is 0 Å². The zero-order valence-corrected chi connectivity index (χ0v) is 9.14. The van der Waals surface area contributed by atoms with Crippen molar-refractivity contribution in [2.24, 2.45) is 0 Å². The Kier molecular flexibility index (Phi) is 2.52. The summed E-state index contributed by atoms with van der Waals surface area (Å²) in [6, 6.07) is 0. The number of nitro groups is 1. The van der Waals surface area contributed by atoms with Gasteiger partial charge in [-0.15, -0.1) is 10.2 Å². The van der Waals surface area contributed by atoms with E-state index in [-0.39, 0.29) is 5.69 Å². The highest BCUT2D eigenvalue weighted by Gasteiger charge is 2.17. The highest BCUT2D eigenvalue weighted by atomic mass is 32.1. The van der Waals surface area contributed by atoms with Crippen molar-refractivity contribution in [2.75, 3.05) is 5.73 Å². The van der Waals surface area contributed by atoms with E-state index in [9.17, 15) is 10.1 Å². The molecule has 0 saturated carbocycles. The van der Waals surface area contributed by atoms with E-state index < -0.39 is 4.92 Å². The summed E-state index contributed by atoms with van der Waals surface area (Å²) >= 11 is 1.23. The summed E-state index contributed by atoms with van der Waals surface area (Å²) < 4.78 is 1.50. The molecule has 16 heavy (non-hydrogen) atoms. The van der Waals surface area contributed by atoms with Crippen LogP contribution in [-0.2, 0) is 6.54 Å². The molecule has 2 N–H and O–H groups in total. The molecule has 0 unspecified atom stereocenters. The molecular formula is C7H8N6O2S. The minimum Gasteiger partial charge on any atom is -0.374 e. The van der Waals surface area contributed by atoms with Crippen molar-refractivity contribution in [3.05, 3.63) is 27.0 Å². The van der Waals surface area contributed by atoms with Crippen LogP contribution >= 0.6 is 11.3 Å². The molecule has 0 spiro atoms. The fraction of sp³-hybridized carbons (Fsp3) is 0.286. The molecule has 0 bridgehead atoms. The molecule has 84 valence electrons. The summed E-state index contributed by atoms with van der Waals surface area (Å²) in [5.41, 5.74) is 5.91. The third kappa shape index (κ3) is 1.84. The lowest BCUT2D eigenvalue weighted by molar-refractivity contribution is -0.385. The first-order chi connectivity index (χ1) is 7.58. The van der Waals surface area contributed by atoms with E-state index in [1.165, 1.54) is 22.2 Å². The molecule has 0 aliphatic rings. The molecule has 0 aliphatic heterocycles. The maximum absolute atomic E-state index is 10.6. The Bertz CT molecular complexity index is 533. The number of nitrogen functional groups attached to an aromatic ring is 1. The van der Waals surface area contributed by atoms with E-state index >= 15 is 0 Å². The molecule has 0 saturated heterocycles. The van der Waals surface area contributed by atoms with Gasteiger partial charge in [0.05, 0.1) is 11.5 Å². The molecule has 0 atom stereocenters. The first-order valence-corrected chi connectivity index (χ1v) is 5.14. The zero-order valence-electron chi connectivity index (χ0n) is 8.32. The zero-order chi connectivity index (χ0) is 11.7. The van der Waals surface area contributed by atoms with Crippen molar-refractivity contribution >= 4 is 22.2 Å². The maximum atomic E-state index is 10.6. The van der Waals surface area contributed by atoms with Crippen LogP contribution < -0.4 is 5.73 Å². The standard InChI is InChI=1S/C7H8N6O2S/c1-4-5(13(14)15)2-9-12(4)3-6-10-11-7(8)16-6/h2H,3H2,1H3,(H2,8,11). The van der Waals surface area contributed by atoms with Crippen molar-refractivity contribution < 1.29 is 4.92 Å². The Balaban J connectivity index is 2.25. The molecule has 9 heteroatoms. The number of nitrogens with zero attached hydrogens (tertiary/aromatic N) is 5. The van der Waals surface area contributed by atoms with Gasteiger partial charge in [0.15, 0.2) is 0 Å². The molecule has 0 fully saturated rings. The smallest absolute Gasteiger partial charge is 0.309 e. The van der Waals surface area contributed by atoms with Crippen LogP contribution in [0, 0.1) is 17.0 Å². The number of anilines is 1. The second kappa shape index (κ2) is 3.85. The molecule has 0 aromatic carbocycles. The van der Waals surface area contributed by atoms with Crippen LogP contribution in [-0.4, -0.2) is 24.9 Å². The second-order valence-electron chi connectivity index (χ2n) is 3.06. The van der Waals surface area contributed by atoms with Gasteiger partial charge in [0.1, 0.15) is 16.9 Å². The van der Waals surface area contributed by atoms with Gasteiger partial charge < -0.3 is 5.73 Å². The van der Waals surface area contributed by atoms with Crippen LogP contribution in [0.1, 0.15) is 10.7 Å². The van der Waals surface area contributed by atoms with Crippen LogP contribution in [0.15, 0.2) is 6.20 Å². The summed E-state index contributed by atoms with van der Waals surface area (Å²) in [4.78, 5) is 10.1. The number of hydrogen-bond donors (Lipinski definition) is 1. The molecule has 2 aromatic rings. The van der Waals surface area contributed by atoms with Gasteiger partial charge in [0.2, 0.25) is 5.13 Å². The quantitative estimate of drug-likeness (QED) is 0.620. The minimum atomic E-state index is -0.465. The molecule has 2 aromatic heterocycles.